The van der Waals surface area contributed by atoms with Gasteiger partial charge in [0.1, 0.15) is 5.75 Å². The lowest BCUT2D eigenvalue weighted by Crippen LogP contribution is -2.20. The molecule has 2 rings (SSSR count). The number of anilines is 1. The molecule has 0 aliphatic carbocycles. The number of nitrogens with two attached hydrogens (primary N) is 1. The van der Waals surface area contributed by atoms with Crippen LogP contribution in [0.4, 0.5) is 5.69 Å². The first kappa shape index (κ1) is 18.1. The van der Waals surface area contributed by atoms with Crippen molar-refractivity contribution in [3.05, 3.63) is 48.0 Å². The number of hydrogen-bond donors (Lipinski definition) is 2. The fourth-order valence-electron chi connectivity index (χ4n) is 2.16. The van der Waals surface area contributed by atoms with Crippen LogP contribution in [-0.4, -0.2) is 32.4 Å². The first-order valence-electron chi connectivity index (χ1n) is 7.73. The number of carbonyl (C=O) groups excluding carboxylic acids is 1. The third-order valence-corrected chi connectivity index (χ3v) is 3.23. The van der Waals surface area contributed by atoms with Crippen LogP contribution < -0.4 is 25.4 Å². The number of hydrogen-bond acceptors (Lipinski definition) is 6. The predicted molar refractivity (Wildman–Crippen MR) is 96.5 cm³/mol. The standard InChI is InChI=1S/C18H21N3O4/c1-3-24-17-10-13(11-20-19)8-9-16(17)25-12-18(22)21-14-6-4-5-7-15(14)23-2/h4-11H,3,12,19H2,1-2H3,(H,21,22). The van der Waals surface area contributed by atoms with Gasteiger partial charge in [0.15, 0.2) is 18.1 Å². The number of benzene rings is 2. The smallest absolute Gasteiger partial charge is 0.262 e. The maximum absolute atomic E-state index is 12.1. The molecule has 2 aromatic carbocycles. The highest BCUT2D eigenvalue weighted by Gasteiger charge is 2.11. The van der Waals surface area contributed by atoms with Gasteiger partial charge in [-0.15, -0.1) is 0 Å². The van der Waals surface area contributed by atoms with Crippen LogP contribution in [0.15, 0.2) is 47.6 Å². The average Bonchev–Trinajstić information content (AvgIpc) is 2.62. The first-order chi connectivity index (χ1) is 12.2. The molecule has 7 heteroatoms. The maximum atomic E-state index is 12.1. The van der Waals surface area contributed by atoms with Crippen LogP contribution >= 0.6 is 0 Å². The second-order valence-corrected chi connectivity index (χ2v) is 4.95. The Kier molecular flexibility index (Phi) is 6.65. The Hall–Kier alpha value is -3.22. The zero-order chi connectivity index (χ0) is 18.1. The van der Waals surface area contributed by atoms with Gasteiger partial charge in [-0.1, -0.05) is 12.1 Å². The van der Waals surface area contributed by atoms with E-state index in [-0.39, 0.29) is 12.5 Å². The van der Waals surface area contributed by atoms with Crippen LogP contribution in [0, 0.1) is 0 Å². The molecule has 0 saturated carbocycles. The minimum absolute atomic E-state index is 0.164. The number of nitrogens with one attached hydrogen (secondary N) is 1. The van der Waals surface area contributed by atoms with Gasteiger partial charge in [0.05, 0.1) is 25.6 Å². The molecule has 0 atom stereocenters. The van der Waals surface area contributed by atoms with Gasteiger partial charge < -0.3 is 25.4 Å². The van der Waals surface area contributed by atoms with Gasteiger partial charge >= 0.3 is 0 Å². The normalized spacial score (nSPS) is 10.5. The third kappa shape index (κ3) is 5.13. The van der Waals surface area contributed by atoms with Crippen LogP contribution in [0.25, 0.3) is 0 Å². The van der Waals surface area contributed by atoms with Crippen LogP contribution in [-0.2, 0) is 4.79 Å². The minimum atomic E-state index is -0.306. The summed E-state index contributed by atoms with van der Waals surface area (Å²) in [6.07, 6.45) is 1.50. The fourth-order valence-corrected chi connectivity index (χ4v) is 2.16. The highest BCUT2D eigenvalue weighted by molar-refractivity contribution is 5.93. The van der Waals surface area contributed by atoms with Gasteiger partial charge in [-0.2, -0.15) is 5.10 Å². The zero-order valence-corrected chi connectivity index (χ0v) is 14.2. The Balaban J connectivity index is 2.03. The van der Waals surface area contributed by atoms with Crippen molar-refractivity contribution in [1.29, 1.82) is 0 Å². The summed E-state index contributed by atoms with van der Waals surface area (Å²) >= 11 is 0. The molecule has 0 aliphatic heterocycles. The molecule has 0 saturated heterocycles. The molecule has 1 amide bonds. The minimum Gasteiger partial charge on any atom is -0.495 e. The van der Waals surface area contributed by atoms with E-state index in [0.717, 1.165) is 5.56 Å². The Morgan fingerprint density at radius 1 is 1.16 bits per heavy atom. The Labute approximate surface area is 146 Å². The van der Waals surface area contributed by atoms with Gasteiger partial charge in [-0.3, -0.25) is 4.79 Å². The first-order valence-corrected chi connectivity index (χ1v) is 7.73. The average molecular weight is 343 g/mol. The number of ether oxygens (including phenoxy) is 3. The van der Waals surface area contributed by atoms with E-state index in [1.54, 1.807) is 37.4 Å². The van der Waals surface area contributed by atoms with Crippen LogP contribution in [0.2, 0.25) is 0 Å². The zero-order valence-electron chi connectivity index (χ0n) is 14.2. The molecular formula is C18H21N3O4. The van der Waals surface area contributed by atoms with E-state index in [2.05, 4.69) is 10.4 Å². The van der Waals surface area contributed by atoms with E-state index in [1.807, 2.05) is 19.1 Å². The quantitative estimate of drug-likeness (QED) is 0.436. The monoisotopic (exact) mass is 343 g/mol. The molecule has 0 aromatic heterocycles. The van der Waals surface area contributed by atoms with Crippen molar-refractivity contribution in [3.8, 4) is 17.2 Å². The summed E-state index contributed by atoms with van der Waals surface area (Å²) < 4.78 is 16.3. The van der Waals surface area contributed by atoms with Crippen LogP contribution in [0.5, 0.6) is 17.2 Å². The van der Waals surface area contributed by atoms with Crippen LogP contribution in [0.1, 0.15) is 12.5 Å². The van der Waals surface area contributed by atoms with E-state index in [9.17, 15) is 4.79 Å². The lowest BCUT2D eigenvalue weighted by atomic mass is 10.2. The number of amides is 1. The number of rotatable bonds is 8. The van der Waals surface area contributed by atoms with Gasteiger partial charge in [-0.05, 0) is 42.8 Å². The second kappa shape index (κ2) is 9.17. The Morgan fingerprint density at radius 3 is 2.68 bits per heavy atom. The van der Waals surface area contributed by atoms with Gasteiger partial charge in [0.2, 0.25) is 0 Å². The molecular weight excluding hydrogens is 322 g/mol. The molecule has 25 heavy (non-hydrogen) atoms. The number of hydrazone groups is 1. The molecule has 0 unspecified atom stereocenters. The SMILES string of the molecule is CCOc1cc(C=NN)ccc1OCC(=O)Nc1ccccc1OC. The van der Waals surface area contributed by atoms with E-state index in [0.29, 0.717) is 29.5 Å². The molecule has 0 bridgehead atoms. The summed E-state index contributed by atoms with van der Waals surface area (Å²) in [5.74, 6) is 6.41. The molecule has 0 heterocycles. The van der Waals surface area contributed by atoms with Crippen molar-refractivity contribution in [1.82, 2.24) is 0 Å². The largest absolute Gasteiger partial charge is 0.495 e. The van der Waals surface area contributed by atoms with Gasteiger partial charge in [0, 0.05) is 0 Å². The van der Waals surface area contributed by atoms with Crippen LogP contribution in [0.3, 0.4) is 0 Å². The Bertz CT molecular complexity index is 747. The van der Waals surface area contributed by atoms with E-state index < -0.39 is 0 Å². The Morgan fingerprint density at radius 2 is 1.96 bits per heavy atom. The summed E-state index contributed by atoms with van der Waals surface area (Å²) in [6.45, 7) is 2.16. The molecule has 3 N–H and O–H groups in total. The fraction of sp³-hybridized carbons (Fsp3) is 0.222. The van der Waals surface area contributed by atoms with Crippen molar-refractivity contribution in [2.24, 2.45) is 10.9 Å². The van der Waals surface area contributed by atoms with Gasteiger partial charge in [0.25, 0.3) is 5.91 Å². The highest BCUT2D eigenvalue weighted by atomic mass is 16.5. The van der Waals surface area contributed by atoms with E-state index in [4.69, 9.17) is 20.1 Å². The summed E-state index contributed by atoms with van der Waals surface area (Å²) in [5.41, 5.74) is 1.36. The molecule has 0 aliphatic rings. The summed E-state index contributed by atoms with van der Waals surface area (Å²) in [5, 5.41) is 6.22. The number of methoxy groups -OCH3 is 1. The number of carbonyl (C=O) groups is 1. The lowest BCUT2D eigenvalue weighted by Gasteiger charge is -2.13. The number of nitrogens with zero attached hydrogens (tertiary/aromatic N) is 1. The summed E-state index contributed by atoms with van der Waals surface area (Å²) in [6, 6.07) is 12.4. The molecule has 0 spiro atoms. The summed E-state index contributed by atoms with van der Waals surface area (Å²) in [4.78, 5) is 12.1. The molecule has 0 fully saturated rings. The topological polar surface area (TPSA) is 95.2 Å². The molecule has 132 valence electrons. The molecule has 0 radical (unpaired) electrons. The number of para-hydroxylation sites is 2. The molecule has 2 aromatic rings. The van der Waals surface area contributed by atoms with Crippen molar-refractivity contribution >= 4 is 17.8 Å². The van der Waals surface area contributed by atoms with Gasteiger partial charge in [-0.25, -0.2) is 0 Å². The second-order valence-electron chi connectivity index (χ2n) is 4.95. The maximum Gasteiger partial charge on any atom is 0.262 e. The molecule has 7 nitrogen and oxygen atoms in total. The van der Waals surface area contributed by atoms with E-state index in [1.165, 1.54) is 6.21 Å². The summed E-state index contributed by atoms with van der Waals surface area (Å²) in [7, 11) is 1.54. The van der Waals surface area contributed by atoms with Crippen molar-refractivity contribution in [2.45, 2.75) is 6.92 Å². The van der Waals surface area contributed by atoms with E-state index >= 15 is 0 Å². The van der Waals surface area contributed by atoms with Crippen molar-refractivity contribution in [3.63, 3.8) is 0 Å². The van der Waals surface area contributed by atoms with Crippen molar-refractivity contribution in [2.75, 3.05) is 25.6 Å². The third-order valence-electron chi connectivity index (χ3n) is 3.23. The predicted octanol–water partition coefficient (Wildman–Crippen LogP) is 2.40. The lowest BCUT2D eigenvalue weighted by molar-refractivity contribution is -0.118. The highest BCUT2D eigenvalue weighted by Crippen LogP contribution is 2.28. The van der Waals surface area contributed by atoms with Crippen molar-refractivity contribution < 1.29 is 19.0 Å².